The Hall–Kier alpha value is -2.85. The zero-order chi connectivity index (χ0) is 18.4. The maximum absolute atomic E-state index is 14.2. The maximum atomic E-state index is 14.2. The number of phenols is 1. The van der Waals surface area contributed by atoms with Crippen LogP contribution in [-0.4, -0.2) is 35.0 Å². The third-order valence-electron chi connectivity index (χ3n) is 4.08. The van der Waals surface area contributed by atoms with E-state index in [1.165, 1.54) is 11.3 Å². The summed E-state index contributed by atoms with van der Waals surface area (Å²) in [5.74, 6) is -2.67. The van der Waals surface area contributed by atoms with E-state index in [9.17, 15) is 19.0 Å². The van der Waals surface area contributed by atoms with E-state index in [4.69, 9.17) is 0 Å². The van der Waals surface area contributed by atoms with Crippen molar-refractivity contribution in [1.82, 2.24) is 24.8 Å². The highest BCUT2D eigenvalue weighted by Crippen LogP contribution is 2.36. The van der Waals surface area contributed by atoms with E-state index in [0.717, 1.165) is 15.8 Å². The molecule has 134 valence electrons. The van der Waals surface area contributed by atoms with Gasteiger partial charge in [0.05, 0.1) is 11.9 Å². The van der Waals surface area contributed by atoms with Crippen LogP contribution in [0, 0.1) is 11.6 Å². The highest BCUT2D eigenvalue weighted by Gasteiger charge is 2.27. The van der Waals surface area contributed by atoms with Crippen LogP contribution in [0.2, 0.25) is 0 Å². The minimum Gasteiger partial charge on any atom is -0.505 e. The SMILES string of the molecule is CCc1sc2cncn2c1C(O)c1n[nH]nc1-c1cc(F)c(O)cc1F. The Morgan fingerprint density at radius 2 is 2.08 bits per heavy atom. The molecule has 0 bridgehead atoms. The van der Waals surface area contributed by atoms with Gasteiger partial charge in [0.15, 0.2) is 11.6 Å². The number of aromatic nitrogens is 5. The minimum atomic E-state index is -1.22. The van der Waals surface area contributed by atoms with E-state index in [1.807, 2.05) is 6.92 Å². The summed E-state index contributed by atoms with van der Waals surface area (Å²) in [7, 11) is 0. The van der Waals surface area contributed by atoms with E-state index in [1.54, 1.807) is 16.9 Å². The van der Waals surface area contributed by atoms with E-state index in [0.29, 0.717) is 18.2 Å². The van der Waals surface area contributed by atoms with Gasteiger partial charge in [0.1, 0.15) is 34.5 Å². The largest absolute Gasteiger partial charge is 0.505 e. The molecule has 0 aliphatic heterocycles. The third kappa shape index (κ3) is 2.45. The molecule has 7 nitrogen and oxygen atoms in total. The van der Waals surface area contributed by atoms with Crippen molar-refractivity contribution in [3.8, 4) is 17.0 Å². The molecule has 1 aromatic carbocycles. The molecule has 0 saturated carbocycles. The molecule has 0 fully saturated rings. The van der Waals surface area contributed by atoms with E-state index in [2.05, 4.69) is 20.4 Å². The van der Waals surface area contributed by atoms with Gasteiger partial charge < -0.3 is 10.2 Å². The van der Waals surface area contributed by atoms with Crippen molar-refractivity contribution in [3.63, 3.8) is 0 Å². The smallest absolute Gasteiger partial charge is 0.165 e. The Morgan fingerprint density at radius 3 is 2.85 bits per heavy atom. The van der Waals surface area contributed by atoms with Gasteiger partial charge in [-0.05, 0) is 12.5 Å². The van der Waals surface area contributed by atoms with Crippen molar-refractivity contribution in [1.29, 1.82) is 0 Å². The molecule has 0 amide bonds. The molecule has 1 atom stereocenters. The molecule has 4 aromatic rings. The summed E-state index contributed by atoms with van der Waals surface area (Å²) in [4.78, 5) is 5.83. The summed E-state index contributed by atoms with van der Waals surface area (Å²) in [6.45, 7) is 1.95. The van der Waals surface area contributed by atoms with Gasteiger partial charge in [-0.1, -0.05) is 6.92 Å². The minimum absolute atomic E-state index is 0.0320. The number of rotatable bonds is 4. The van der Waals surface area contributed by atoms with Crippen LogP contribution < -0.4 is 0 Å². The van der Waals surface area contributed by atoms with Crippen LogP contribution in [0.3, 0.4) is 0 Å². The van der Waals surface area contributed by atoms with Crippen LogP contribution in [0.5, 0.6) is 5.75 Å². The lowest BCUT2D eigenvalue weighted by molar-refractivity contribution is 0.209. The zero-order valence-corrected chi connectivity index (χ0v) is 14.3. The molecule has 3 heterocycles. The fourth-order valence-electron chi connectivity index (χ4n) is 2.86. The van der Waals surface area contributed by atoms with Crippen molar-refractivity contribution in [2.45, 2.75) is 19.4 Å². The summed E-state index contributed by atoms with van der Waals surface area (Å²) >= 11 is 1.48. The van der Waals surface area contributed by atoms with Gasteiger partial charge >= 0.3 is 0 Å². The Morgan fingerprint density at radius 1 is 1.27 bits per heavy atom. The lowest BCUT2D eigenvalue weighted by Gasteiger charge is -2.12. The molecule has 0 aliphatic rings. The number of aromatic hydroxyl groups is 1. The Bertz CT molecular complexity index is 1100. The highest BCUT2D eigenvalue weighted by atomic mass is 32.1. The number of phenolic OH excluding ortho intramolecular Hbond substituents is 1. The zero-order valence-electron chi connectivity index (χ0n) is 13.4. The molecule has 10 heteroatoms. The first-order valence-corrected chi connectivity index (χ1v) is 8.53. The lowest BCUT2D eigenvalue weighted by atomic mass is 10.0. The molecule has 0 radical (unpaired) electrons. The molecule has 3 aromatic heterocycles. The van der Waals surface area contributed by atoms with Gasteiger partial charge in [-0.25, -0.2) is 13.8 Å². The topological polar surface area (TPSA) is 99.3 Å². The molecule has 26 heavy (non-hydrogen) atoms. The van der Waals surface area contributed by atoms with Gasteiger partial charge in [-0.15, -0.1) is 11.3 Å². The summed E-state index contributed by atoms with van der Waals surface area (Å²) in [6.07, 6.45) is 2.70. The van der Waals surface area contributed by atoms with E-state index >= 15 is 0 Å². The molecular weight excluding hydrogens is 364 g/mol. The maximum Gasteiger partial charge on any atom is 0.165 e. The molecular formula is C16H13F2N5O2S. The number of nitrogens with zero attached hydrogens (tertiary/aromatic N) is 4. The number of H-pyrrole nitrogens is 1. The Balaban J connectivity index is 1.87. The number of imidazole rings is 1. The van der Waals surface area contributed by atoms with Gasteiger partial charge in [-0.2, -0.15) is 15.4 Å². The molecule has 3 N–H and O–H groups in total. The molecule has 1 unspecified atom stereocenters. The number of halogens is 2. The van der Waals surface area contributed by atoms with Crippen LogP contribution >= 0.6 is 11.3 Å². The normalized spacial score (nSPS) is 12.8. The van der Waals surface area contributed by atoms with Crippen molar-refractivity contribution in [3.05, 3.63) is 52.6 Å². The molecule has 0 saturated heterocycles. The number of aryl methyl sites for hydroxylation is 1. The quantitative estimate of drug-likeness (QED) is 0.508. The van der Waals surface area contributed by atoms with Gasteiger partial charge in [0, 0.05) is 16.5 Å². The number of aliphatic hydroxyl groups excluding tert-OH is 1. The number of aromatic amines is 1. The van der Waals surface area contributed by atoms with Crippen molar-refractivity contribution in [2.75, 3.05) is 0 Å². The van der Waals surface area contributed by atoms with Crippen LogP contribution in [0.15, 0.2) is 24.7 Å². The number of thiazole rings is 1. The first-order chi connectivity index (χ1) is 12.5. The highest BCUT2D eigenvalue weighted by molar-refractivity contribution is 7.17. The van der Waals surface area contributed by atoms with Crippen molar-refractivity contribution >= 4 is 16.2 Å². The standard InChI is InChI=1S/C16H13F2N5O2S/c1-2-11-15(23-6-19-5-12(23)26-11)16(25)14-13(20-22-21-14)7-3-9(18)10(24)4-8(7)17/h3-6,16,24-25H,2H2,1H3,(H,20,21,22). The average molecular weight is 377 g/mol. The van der Waals surface area contributed by atoms with Gasteiger partial charge in [0.25, 0.3) is 0 Å². The summed E-state index contributed by atoms with van der Waals surface area (Å²) in [5.41, 5.74) is 0.366. The van der Waals surface area contributed by atoms with Crippen molar-refractivity contribution in [2.24, 2.45) is 0 Å². The Labute approximate surface area is 149 Å². The fourth-order valence-corrected chi connectivity index (χ4v) is 3.93. The Kier molecular flexibility index (Phi) is 3.93. The molecule has 4 rings (SSSR count). The first kappa shape index (κ1) is 16.6. The number of aliphatic hydroxyl groups is 1. The average Bonchev–Trinajstić information content (AvgIpc) is 3.31. The number of fused-ring (bicyclic) bond motifs is 1. The molecule has 0 spiro atoms. The fraction of sp³-hybridized carbons (Fsp3) is 0.188. The second-order valence-corrected chi connectivity index (χ2v) is 6.72. The van der Waals surface area contributed by atoms with E-state index < -0.39 is 23.5 Å². The number of hydrogen-bond acceptors (Lipinski definition) is 6. The second-order valence-electron chi connectivity index (χ2n) is 5.61. The van der Waals surface area contributed by atoms with Crippen LogP contribution in [0.25, 0.3) is 16.1 Å². The number of hydrogen-bond donors (Lipinski definition) is 3. The lowest BCUT2D eigenvalue weighted by Crippen LogP contribution is -2.08. The third-order valence-corrected chi connectivity index (χ3v) is 5.34. The van der Waals surface area contributed by atoms with Crippen molar-refractivity contribution < 1.29 is 19.0 Å². The second kappa shape index (κ2) is 6.15. The van der Waals surface area contributed by atoms with Gasteiger partial charge in [0.2, 0.25) is 0 Å². The van der Waals surface area contributed by atoms with Crippen LogP contribution in [-0.2, 0) is 6.42 Å². The monoisotopic (exact) mass is 377 g/mol. The molecule has 0 aliphatic carbocycles. The van der Waals surface area contributed by atoms with E-state index in [-0.39, 0.29) is 17.0 Å². The number of benzene rings is 1. The predicted octanol–water partition coefficient (Wildman–Crippen LogP) is 2.81. The predicted molar refractivity (Wildman–Crippen MR) is 89.9 cm³/mol. The van der Waals surface area contributed by atoms with Crippen LogP contribution in [0.1, 0.15) is 29.3 Å². The van der Waals surface area contributed by atoms with Gasteiger partial charge in [-0.3, -0.25) is 4.40 Å². The first-order valence-electron chi connectivity index (χ1n) is 7.72. The summed E-state index contributed by atoms with van der Waals surface area (Å²) in [5, 5.41) is 30.4. The number of nitrogens with one attached hydrogen (secondary N) is 1. The summed E-state index contributed by atoms with van der Waals surface area (Å²) < 4.78 is 29.7. The summed E-state index contributed by atoms with van der Waals surface area (Å²) in [6, 6.07) is 1.48. The van der Waals surface area contributed by atoms with Crippen LogP contribution in [0.4, 0.5) is 8.78 Å².